The van der Waals surface area contributed by atoms with Crippen molar-refractivity contribution >= 4 is 16.6 Å². The van der Waals surface area contributed by atoms with Crippen LogP contribution in [0.25, 0.3) is 21.4 Å². The molecule has 4 rings (SSSR count). The Morgan fingerprint density at radius 1 is 1.19 bits per heavy atom. The van der Waals surface area contributed by atoms with E-state index in [9.17, 15) is 18.4 Å². The van der Waals surface area contributed by atoms with Gasteiger partial charge in [0.15, 0.2) is 0 Å². The largest absolute Gasteiger partial charge is 0.362 e. The quantitative estimate of drug-likeness (QED) is 0.451. The minimum Gasteiger partial charge on any atom is -0.362 e. The number of H-pyrrole nitrogens is 1. The topological polar surface area (TPSA) is 68.9 Å². The number of hydrogen-bond acceptors (Lipinski definition) is 3. The van der Waals surface area contributed by atoms with Crippen molar-refractivity contribution in [2.45, 2.75) is 19.3 Å². The Morgan fingerprint density at radius 3 is 2.52 bits per heavy atom. The van der Waals surface area contributed by atoms with Gasteiger partial charge in [0.05, 0.1) is 35.3 Å². The average Bonchev–Trinajstić information content (AvgIpc) is 3.11. The lowest BCUT2D eigenvalue weighted by Crippen LogP contribution is -2.28. The predicted molar refractivity (Wildman–Crippen MR) is 105 cm³/mol. The maximum Gasteiger partial charge on any atom is 0.279 e. The summed E-state index contributed by atoms with van der Waals surface area (Å²) < 4.78 is 56.2. The minimum atomic E-state index is -3.08. The molecule has 2 heterocycles. The number of benzene rings is 2. The zero-order valence-corrected chi connectivity index (χ0v) is 16.0. The van der Waals surface area contributed by atoms with E-state index >= 15 is 4.39 Å². The molecule has 0 amide bonds. The number of nitrogens with zero attached hydrogens (tertiary/aromatic N) is 3. The molecule has 2 aromatic carbocycles. The van der Waals surface area contributed by atoms with E-state index in [4.69, 9.17) is 6.57 Å². The van der Waals surface area contributed by atoms with E-state index in [1.54, 1.807) is 13.0 Å². The second-order valence-corrected chi connectivity index (χ2v) is 6.92. The van der Waals surface area contributed by atoms with Gasteiger partial charge < -0.3 is 5.32 Å². The molecule has 0 saturated heterocycles. The molecule has 5 nitrogen and oxygen atoms in total. The zero-order chi connectivity index (χ0) is 22.3. The molecule has 1 aliphatic heterocycles. The molecule has 1 aliphatic rings. The van der Waals surface area contributed by atoms with Crippen LogP contribution in [0.2, 0.25) is 0 Å². The van der Waals surface area contributed by atoms with Crippen LogP contribution in [0.5, 0.6) is 0 Å². The van der Waals surface area contributed by atoms with Gasteiger partial charge in [0.1, 0.15) is 11.6 Å². The molecule has 1 atom stereocenters. The van der Waals surface area contributed by atoms with Crippen LogP contribution in [0.1, 0.15) is 22.7 Å². The Labute approximate surface area is 174 Å². The molecule has 9 heteroatoms. The van der Waals surface area contributed by atoms with Gasteiger partial charge in [-0.1, -0.05) is 12.1 Å². The molecule has 0 bridgehead atoms. The molecule has 0 fully saturated rings. The van der Waals surface area contributed by atoms with E-state index < -0.39 is 35.2 Å². The summed E-state index contributed by atoms with van der Waals surface area (Å²) in [6, 6.07) is 9.14. The summed E-state index contributed by atoms with van der Waals surface area (Å²) in [4.78, 5) is 3.46. The first kappa shape index (κ1) is 20.2. The van der Waals surface area contributed by atoms with E-state index in [2.05, 4.69) is 20.4 Å². The number of nitriles is 1. The van der Waals surface area contributed by atoms with Gasteiger partial charge in [-0.05, 0) is 36.2 Å². The van der Waals surface area contributed by atoms with E-state index in [-0.39, 0.29) is 22.5 Å². The fourth-order valence-corrected chi connectivity index (χ4v) is 3.66. The van der Waals surface area contributed by atoms with Crippen molar-refractivity contribution in [3.63, 3.8) is 0 Å². The number of fused-ring (bicyclic) bond motifs is 1. The normalized spacial score (nSPS) is 16.5. The van der Waals surface area contributed by atoms with Crippen LogP contribution < -0.4 is 5.32 Å². The maximum absolute atomic E-state index is 15.1. The van der Waals surface area contributed by atoms with Crippen molar-refractivity contribution in [1.82, 2.24) is 15.5 Å². The monoisotopic (exact) mass is 423 g/mol. The van der Waals surface area contributed by atoms with Crippen LogP contribution in [0.4, 0.5) is 17.6 Å². The Hall–Kier alpha value is -4.11. The molecule has 3 aromatic rings. The molecular weight excluding hydrogens is 410 g/mol. The summed E-state index contributed by atoms with van der Waals surface area (Å²) in [7, 11) is 0. The van der Waals surface area contributed by atoms with Crippen molar-refractivity contribution in [3.8, 4) is 6.07 Å². The number of dihydropyridines is 1. The highest BCUT2D eigenvalue weighted by atomic mass is 19.3. The number of alkyl halides is 2. The lowest BCUT2D eigenvalue weighted by Gasteiger charge is -2.29. The summed E-state index contributed by atoms with van der Waals surface area (Å²) in [6.07, 6.45) is -3.08. The Kier molecular flexibility index (Phi) is 4.96. The van der Waals surface area contributed by atoms with E-state index in [0.717, 1.165) is 18.2 Å². The number of rotatable bonds is 3. The Balaban J connectivity index is 2.04. The van der Waals surface area contributed by atoms with Crippen LogP contribution in [-0.4, -0.2) is 16.6 Å². The number of aromatic amines is 1. The number of allylic oxidation sites excluding steroid dienone is 2. The standard InChI is InChI=1S/C22H13F4N5/c1-10-13-7-14(16(24)8-17(13)31-30-10)18-15(9-27)20(22(25)26)29-19(21(18)28-2)11-3-5-12(23)6-4-11/h3-8,18,22,29H,1H3,(H,30,31). The molecule has 1 unspecified atom stereocenters. The highest BCUT2D eigenvalue weighted by molar-refractivity contribution is 5.84. The first-order valence-corrected chi connectivity index (χ1v) is 9.06. The number of halogens is 4. The summed E-state index contributed by atoms with van der Waals surface area (Å²) in [6.45, 7) is 9.38. The Morgan fingerprint density at radius 2 is 1.90 bits per heavy atom. The smallest absolute Gasteiger partial charge is 0.279 e. The van der Waals surface area contributed by atoms with Gasteiger partial charge in [-0.25, -0.2) is 22.4 Å². The van der Waals surface area contributed by atoms with Crippen molar-refractivity contribution in [1.29, 1.82) is 5.26 Å². The SMILES string of the molecule is [C-]#[N+]C1=C(c2ccc(F)cc2)NC(C(F)F)=C(C#N)C1c1cc2c(C)[nH]nc2cc1F. The second-order valence-electron chi connectivity index (χ2n) is 6.92. The summed E-state index contributed by atoms with van der Waals surface area (Å²) in [5.41, 5.74) is -0.240. The van der Waals surface area contributed by atoms with Gasteiger partial charge in [0.2, 0.25) is 5.70 Å². The van der Waals surface area contributed by atoms with Crippen molar-refractivity contribution < 1.29 is 17.6 Å². The summed E-state index contributed by atoms with van der Waals surface area (Å²) in [5.74, 6) is -2.70. The van der Waals surface area contributed by atoms with Crippen LogP contribution in [0.3, 0.4) is 0 Å². The zero-order valence-electron chi connectivity index (χ0n) is 16.0. The molecule has 1 aromatic heterocycles. The van der Waals surface area contributed by atoms with E-state index in [0.29, 0.717) is 16.6 Å². The lowest BCUT2D eigenvalue weighted by molar-refractivity contribution is 0.181. The average molecular weight is 423 g/mol. The van der Waals surface area contributed by atoms with E-state index in [1.165, 1.54) is 18.2 Å². The number of aromatic nitrogens is 2. The predicted octanol–water partition coefficient (Wildman–Crippen LogP) is 5.17. The summed E-state index contributed by atoms with van der Waals surface area (Å²) in [5, 5.41) is 19.4. The van der Waals surface area contributed by atoms with Crippen molar-refractivity contribution in [2.75, 3.05) is 0 Å². The van der Waals surface area contributed by atoms with Gasteiger partial charge in [-0.15, -0.1) is 0 Å². The lowest BCUT2D eigenvalue weighted by atomic mass is 9.82. The van der Waals surface area contributed by atoms with Gasteiger partial charge in [-0.2, -0.15) is 10.4 Å². The molecule has 2 N–H and O–H groups in total. The van der Waals surface area contributed by atoms with Gasteiger partial charge in [-0.3, -0.25) is 5.10 Å². The molecule has 0 spiro atoms. The number of aryl methyl sites for hydroxylation is 1. The first-order chi connectivity index (χ1) is 14.8. The number of nitrogens with one attached hydrogen (secondary N) is 2. The molecule has 0 radical (unpaired) electrons. The van der Waals surface area contributed by atoms with Gasteiger partial charge in [0.25, 0.3) is 6.43 Å². The first-order valence-electron chi connectivity index (χ1n) is 9.06. The van der Waals surface area contributed by atoms with Crippen LogP contribution in [0.15, 0.2) is 53.4 Å². The van der Waals surface area contributed by atoms with Crippen LogP contribution >= 0.6 is 0 Å². The fourth-order valence-electron chi connectivity index (χ4n) is 3.66. The second kappa shape index (κ2) is 7.62. The van der Waals surface area contributed by atoms with Crippen LogP contribution in [-0.2, 0) is 0 Å². The highest BCUT2D eigenvalue weighted by Crippen LogP contribution is 2.44. The van der Waals surface area contributed by atoms with Gasteiger partial charge in [0, 0.05) is 22.8 Å². The highest BCUT2D eigenvalue weighted by Gasteiger charge is 2.37. The summed E-state index contributed by atoms with van der Waals surface area (Å²) >= 11 is 0. The maximum atomic E-state index is 15.1. The van der Waals surface area contributed by atoms with Crippen molar-refractivity contribution in [3.05, 3.63) is 93.2 Å². The number of hydrogen-bond donors (Lipinski definition) is 2. The molecule has 154 valence electrons. The molecule has 31 heavy (non-hydrogen) atoms. The Bertz CT molecular complexity index is 1340. The molecule has 0 saturated carbocycles. The van der Waals surface area contributed by atoms with Gasteiger partial charge >= 0.3 is 0 Å². The minimum absolute atomic E-state index is 0.0299. The third kappa shape index (κ3) is 3.30. The fraction of sp³-hybridized carbons (Fsp3) is 0.136. The molecule has 0 aliphatic carbocycles. The molecular formula is C22H13F4N5. The third-order valence-electron chi connectivity index (χ3n) is 5.13. The van der Waals surface area contributed by atoms with Crippen LogP contribution in [0, 0.1) is 36.5 Å². The van der Waals surface area contributed by atoms with E-state index in [1.807, 2.05) is 0 Å². The third-order valence-corrected chi connectivity index (χ3v) is 5.13. The van der Waals surface area contributed by atoms with Crippen molar-refractivity contribution in [2.24, 2.45) is 0 Å².